The normalized spacial score (nSPS) is 20.0. The molecule has 1 N–H and O–H groups in total. The Bertz CT molecular complexity index is 730. The van der Waals surface area contributed by atoms with Gasteiger partial charge >= 0.3 is 0 Å². The Morgan fingerprint density at radius 1 is 1.08 bits per heavy atom. The Kier molecular flexibility index (Phi) is 6.00. The summed E-state index contributed by atoms with van der Waals surface area (Å²) in [4.78, 5) is 24.4. The van der Waals surface area contributed by atoms with Crippen LogP contribution >= 0.6 is 15.9 Å². The molecule has 0 aromatic heterocycles. The first-order chi connectivity index (χ1) is 12.1. The summed E-state index contributed by atoms with van der Waals surface area (Å²) in [7, 11) is 0. The molecule has 4 nitrogen and oxygen atoms in total. The van der Waals surface area contributed by atoms with Crippen LogP contribution in [0.3, 0.4) is 0 Å². The monoisotopic (exact) mass is 401 g/mol. The van der Waals surface area contributed by atoms with Crippen LogP contribution in [0, 0.1) is 5.92 Å². The van der Waals surface area contributed by atoms with E-state index in [0.717, 1.165) is 29.5 Å². The second-order valence-corrected chi connectivity index (χ2v) is 7.07. The fourth-order valence-corrected chi connectivity index (χ4v) is 3.36. The van der Waals surface area contributed by atoms with E-state index in [1.54, 1.807) is 24.3 Å². The molecule has 2 unspecified atom stereocenters. The lowest BCUT2D eigenvalue weighted by molar-refractivity contribution is -0.117. The lowest BCUT2D eigenvalue weighted by Gasteiger charge is -2.32. The first-order valence-corrected chi connectivity index (χ1v) is 9.19. The zero-order valence-electron chi connectivity index (χ0n) is 13.8. The van der Waals surface area contributed by atoms with Gasteiger partial charge < -0.3 is 10.1 Å². The van der Waals surface area contributed by atoms with Gasteiger partial charge in [-0.05, 0) is 42.7 Å². The molecule has 5 heteroatoms. The van der Waals surface area contributed by atoms with E-state index in [4.69, 9.17) is 4.74 Å². The molecule has 2 aromatic rings. The van der Waals surface area contributed by atoms with E-state index in [1.807, 2.05) is 30.3 Å². The second-order valence-electron chi connectivity index (χ2n) is 6.15. The summed E-state index contributed by atoms with van der Waals surface area (Å²) in [6.07, 6.45) is 1.88. The highest BCUT2D eigenvalue weighted by atomic mass is 79.9. The van der Waals surface area contributed by atoms with Crippen molar-refractivity contribution in [3.05, 3.63) is 70.2 Å². The van der Waals surface area contributed by atoms with E-state index in [1.165, 1.54) is 0 Å². The Morgan fingerprint density at radius 2 is 1.80 bits per heavy atom. The Balaban J connectivity index is 1.62. The summed E-state index contributed by atoms with van der Waals surface area (Å²) in [5, 5.41) is 2.78. The number of hydrogen-bond donors (Lipinski definition) is 1. The Morgan fingerprint density at radius 3 is 2.52 bits per heavy atom. The van der Waals surface area contributed by atoms with Gasteiger partial charge in [0, 0.05) is 29.1 Å². The van der Waals surface area contributed by atoms with Crippen LogP contribution in [0.2, 0.25) is 0 Å². The molecule has 1 amide bonds. The Labute approximate surface area is 155 Å². The van der Waals surface area contributed by atoms with Crippen LogP contribution < -0.4 is 5.32 Å². The second kappa shape index (κ2) is 8.41. The average Bonchev–Trinajstić information content (AvgIpc) is 2.67. The molecule has 2 atom stereocenters. The number of rotatable bonds is 5. The number of halogens is 1. The van der Waals surface area contributed by atoms with Gasteiger partial charge in [-0.3, -0.25) is 9.59 Å². The molecule has 25 heavy (non-hydrogen) atoms. The molecular formula is C20H20BrNO3. The van der Waals surface area contributed by atoms with Gasteiger partial charge in [0.15, 0.2) is 0 Å². The fraction of sp³-hybridized carbons (Fsp3) is 0.300. The third-order valence-corrected chi connectivity index (χ3v) is 4.94. The predicted octanol–water partition coefficient (Wildman–Crippen LogP) is 3.92. The van der Waals surface area contributed by atoms with Crippen LogP contribution in [0.5, 0.6) is 0 Å². The number of amides is 1. The first kappa shape index (κ1) is 17.8. The van der Waals surface area contributed by atoms with Gasteiger partial charge in [-0.1, -0.05) is 46.3 Å². The molecule has 2 aromatic carbocycles. The molecule has 0 saturated carbocycles. The number of Topliss-reactive ketones (excluding diaryl/α,β-unsaturated/α-hetero) is 1. The predicted molar refractivity (Wildman–Crippen MR) is 99.3 cm³/mol. The smallest absolute Gasteiger partial charge is 0.292 e. The van der Waals surface area contributed by atoms with Crippen molar-refractivity contribution in [3.8, 4) is 0 Å². The summed E-state index contributed by atoms with van der Waals surface area (Å²) < 4.78 is 6.80. The molecule has 130 valence electrons. The number of carbonyl (C=O) groups is 2. The highest BCUT2D eigenvalue weighted by molar-refractivity contribution is 9.10. The van der Waals surface area contributed by atoms with Crippen molar-refractivity contribution in [2.24, 2.45) is 5.92 Å². The number of carbonyl (C=O) groups excluding carboxylic acids is 2. The molecule has 1 aliphatic heterocycles. The van der Waals surface area contributed by atoms with Gasteiger partial charge in [0.25, 0.3) is 5.91 Å². The summed E-state index contributed by atoms with van der Waals surface area (Å²) in [6.45, 7) is 1.16. The zero-order valence-corrected chi connectivity index (χ0v) is 15.4. The zero-order chi connectivity index (χ0) is 17.6. The molecule has 1 aliphatic rings. The van der Waals surface area contributed by atoms with Crippen molar-refractivity contribution in [2.75, 3.05) is 13.2 Å². The fourth-order valence-electron chi connectivity index (χ4n) is 3.10. The minimum Gasteiger partial charge on any atom is -0.373 e. The molecule has 1 saturated heterocycles. The number of nitrogens with one attached hydrogen (secondary N) is 1. The number of ketones is 1. The van der Waals surface area contributed by atoms with Gasteiger partial charge in [0.05, 0.1) is 6.10 Å². The Hall–Kier alpha value is -1.98. The number of ether oxygens (including phenoxy) is 1. The standard InChI is InChI=1S/C20H20BrNO3/c21-17-10-8-14(9-11-17)18(23)20(24)22-13-16-7-4-12-25-19(16)15-5-2-1-3-6-15/h1-3,5-6,8-11,16,19H,4,7,12-13H2,(H,22,24). The third kappa shape index (κ3) is 4.55. The van der Waals surface area contributed by atoms with E-state index in [2.05, 4.69) is 21.2 Å². The molecule has 1 heterocycles. The summed E-state index contributed by atoms with van der Waals surface area (Å²) in [5.74, 6) is -0.919. The van der Waals surface area contributed by atoms with Crippen molar-refractivity contribution in [2.45, 2.75) is 18.9 Å². The minimum absolute atomic E-state index is 0.0435. The van der Waals surface area contributed by atoms with Crippen LogP contribution in [0.25, 0.3) is 0 Å². The van der Waals surface area contributed by atoms with Gasteiger partial charge in [-0.15, -0.1) is 0 Å². The van der Waals surface area contributed by atoms with Crippen molar-refractivity contribution < 1.29 is 14.3 Å². The van der Waals surface area contributed by atoms with E-state index in [-0.39, 0.29) is 12.0 Å². The topological polar surface area (TPSA) is 55.4 Å². The quantitative estimate of drug-likeness (QED) is 0.610. The number of benzene rings is 2. The van der Waals surface area contributed by atoms with E-state index in [0.29, 0.717) is 12.1 Å². The van der Waals surface area contributed by atoms with Gasteiger partial charge in [-0.25, -0.2) is 0 Å². The maximum absolute atomic E-state index is 12.2. The third-order valence-electron chi connectivity index (χ3n) is 4.41. The van der Waals surface area contributed by atoms with Gasteiger partial charge in [0.2, 0.25) is 5.78 Å². The molecule has 3 rings (SSSR count). The largest absolute Gasteiger partial charge is 0.373 e. The highest BCUT2D eigenvalue weighted by Gasteiger charge is 2.28. The lowest BCUT2D eigenvalue weighted by Crippen LogP contribution is -2.38. The summed E-state index contributed by atoms with van der Waals surface area (Å²) in [6, 6.07) is 16.8. The maximum atomic E-state index is 12.2. The highest BCUT2D eigenvalue weighted by Crippen LogP contribution is 2.33. The lowest BCUT2D eigenvalue weighted by atomic mass is 9.89. The van der Waals surface area contributed by atoms with Crippen LogP contribution in [-0.4, -0.2) is 24.8 Å². The van der Waals surface area contributed by atoms with Crippen molar-refractivity contribution in [1.29, 1.82) is 0 Å². The van der Waals surface area contributed by atoms with Crippen molar-refractivity contribution in [1.82, 2.24) is 5.32 Å². The van der Waals surface area contributed by atoms with Crippen LogP contribution in [0.15, 0.2) is 59.1 Å². The van der Waals surface area contributed by atoms with Crippen molar-refractivity contribution >= 4 is 27.6 Å². The molecule has 0 radical (unpaired) electrons. The van der Waals surface area contributed by atoms with Crippen LogP contribution in [-0.2, 0) is 9.53 Å². The SMILES string of the molecule is O=C(NCC1CCCOC1c1ccccc1)C(=O)c1ccc(Br)cc1. The maximum Gasteiger partial charge on any atom is 0.292 e. The van der Waals surface area contributed by atoms with Crippen LogP contribution in [0.4, 0.5) is 0 Å². The van der Waals surface area contributed by atoms with Gasteiger partial charge in [-0.2, -0.15) is 0 Å². The van der Waals surface area contributed by atoms with Crippen LogP contribution in [0.1, 0.15) is 34.9 Å². The first-order valence-electron chi connectivity index (χ1n) is 8.40. The van der Waals surface area contributed by atoms with Crippen molar-refractivity contribution in [3.63, 3.8) is 0 Å². The molecule has 0 spiro atoms. The molecule has 0 bridgehead atoms. The molecule has 1 fully saturated rings. The van der Waals surface area contributed by atoms with E-state index in [9.17, 15) is 9.59 Å². The summed E-state index contributed by atoms with van der Waals surface area (Å²) >= 11 is 3.32. The van der Waals surface area contributed by atoms with E-state index >= 15 is 0 Å². The minimum atomic E-state index is -0.570. The number of hydrogen-bond acceptors (Lipinski definition) is 3. The summed E-state index contributed by atoms with van der Waals surface area (Å²) in [5.41, 5.74) is 1.50. The molecular weight excluding hydrogens is 382 g/mol. The van der Waals surface area contributed by atoms with E-state index < -0.39 is 11.7 Å². The molecule has 0 aliphatic carbocycles. The average molecular weight is 402 g/mol. The van der Waals surface area contributed by atoms with Gasteiger partial charge in [0.1, 0.15) is 0 Å².